The van der Waals surface area contributed by atoms with Crippen molar-refractivity contribution >= 4 is 23.9 Å². The molecular formula is C30H49N3O6. The van der Waals surface area contributed by atoms with Gasteiger partial charge < -0.3 is 25.0 Å². The van der Waals surface area contributed by atoms with Gasteiger partial charge in [-0.1, -0.05) is 51.8 Å². The summed E-state index contributed by atoms with van der Waals surface area (Å²) in [5, 5.41) is 5.62. The fraction of sp³-hybridized carbons (Fsp3) is 0.667. The first-order valence-corrected chi connectivity index (χ1v) is 14.1. The van der Waals surface area contributed by atoms with Crippen molar-refractivity contribution in [2.45, 2.75) is 106 Å². The highest BCUT2D eigenvalue weighted by Crippen LogP contribution is 2.29. The van der Waals surface area contributed by atoms with Crippen LogP contribution in [0.25, 0.3) is 0 Å². The Labute approximate surface area is 234 Å². The summed E-state index contributed by atoms with van der Waals surface area (Å²) in [6.45, 7) is 17.4. The molecular weight excluding hydrogens is 498 g/mol. The monoisotopic (exact) mass is 547 g/mol. The van der Waals surface area contributed by atoms with Crippen molar-refractivity contribution in [2.75, 3.05) is 19.7 Å². The summed E-state index contributed by atoms with van der Waals surface area (Å²) < 4.78 is 10.4. The Morgan fingerprint density at radius 3 is 2.28 bits per heavy atom. The number of nitrogens with zero attached hydrogens (tertiary/aromatic N) is 1. The van der Waals surface area contributed by atoms with Gasteiger partial charge in [-0.15, -0.1) is 0 Å². The maximum atomic E-state index is 14.2. The molecule has 0 aliphatic rings. The van der Waals surface area contributed by atoms with Crippen LogP contribution >= 0.6 is 0 Å². The molecule has 2 N–H and O–H groups in total. The van der Waals surface area contributed by atoms with Gasteiger partial charge in [0.15, 0.2) is 0 Å². The largest absolute Gasteiger partial charge is 0.466 e. The number of ether oxygens (including phenoxy) is 2. The van der Waals surface area contributed by atoms with Gasteiger partial charge in [0.1, 0.15) is 17.7 Å². The highest BCUT2D eigenvalue weighted by molar-refractivity contribution is 5.92. The van der Waals surface area contributed by atoms with E-state index < -0.39 is 35.7 Å². The number of benzene rings is 1. The van der Waals surface area contributed by atoms with Crippen molar-refractivity contribution in [1.29, 1.82) is 0 Å². The highest BCUT2D eigenvalue weighted by atomic mass is 16.6. The zero-order valence-electron chi connectivity index (χ0n) is 25.3. The number of hydrogen-bond donors (Lipinski definition) is 2. The average molecular weight is 548 g/mol. The Kier molecular flexibility index (Phi) is 14.0. The Balaban J connectivity index is 3.51. The van der Waals surface area contributed by atoms with Gasteiger partial charge in [-0.2, -0.15) is 0 Å². The van der Waals surface area contributed by atoms with Gasteiger partial charge >= 0.3 is 12.1 Å². The third-order valence-corrected chi connectivity index (χ3v) is 6.62. The molecule has 3 unspecified atom stereocenters. The molecule has 3 atom stereocenters. The van der Waals surface area contributed by atoms with Gasteiger partial charge in [0.05, 0.1) is 13.0 Å². The first-order chi connectivity index (χ1) is 18.3. The molecule has 39 heavy (non-hydrogen) atoms. The van der Waals surface area contributed by atoms with E-state index in [9.17, 15) is 19.2 Å². The standard InChI is InChI=1S/C30H49N3O6/c1-10-13-19-33(28(36)25(20(4)11-2)32-29(37)39-30(7,8)9)26(23-16-14-15-21(5)22(23)6)27(35)31-18-17-24(34)38-12-3/h14-16,20,25-26H,10-13,17-19H2,1-9H3,(H,31,35)(H,32,37). The second kappa shape index (κ2) is 16.1. The minimum Gasteiger partial charge on any atom is -0.466 e. The Morgan fingerprint density at radius 2 is 1.72 bits per heavy atom. The number of rotatable bonds is 14. The van der Waals surface area contributed by atoms with E-state index in [1.165, 1.54) is 0 Å². The molecule has 0 saturated carbocycles. The molecule has 0 saturated heterocycles. The van der Waals surface area contributed by atoms with E-state index in [0.717, 1.165) is 17.5 Å². The molecule has 1 aromatic carbocycles. The first kappa shape index (κ1) is 33.9. The summed E-state index contributed by atoms with van der Waals surface area (Å²) in [7, 11) is 0. The molecule has 0 radical (unpaired) electrons. The average Bonchev–Trinajstić information content (AvgIpc) is 2.85. The molecule has 9 heteroatoms. The number of amides is 3. The van der Waals surface area contributed by atoms with Crippen LogP contribution in [-0.4, -0.2) is 60.1 Å². The van der Waals surface area contributed by atoms with E-state index >= 15 is 0 Å². The Hall–Kier alpha value is -3.10. The van der Waals surface area contributed by atoms with Gasteiger partial charge in [0.2, 0.25) is 11.8 Å². The molecule has 0 aromatic heterocycles. The van der Waals surface area contributed by atoms with Crippen LogP contribution in [-0.2, 0) is 23.9 Å². The smallest absolute Gasteiger partial charge is 0.408 e. The lowest BCUT2D eigenvalue weighted by Crippen LogP contribution is -2.55. The van der Waals surface area contributed by atoms with Gasteiger partial charge in [-0.25, -0.2) is 4.79 Å². The zero-order valence-corrected chi connectivity index (χ0v) is 25.3. The summed E-state index contributed by atoms with van der Waals surface area (Å²) in [6, 6.07) is 3.84. The summed E-state index contributed by atoms with van der Waals surface area (Å²) in [4.78, 5) is 54.2. The lowest BCUT2D eigenvalue weighted by atomic mass is 9.92. The van der Waals surface area contributed by atoms with E-state index in [1.807, 2.05) is 52.8 Å². The molecule has 220 valence electrons. The molecule has 0 bridgehead atoms. The predicted molar refractivity (Wildman–Crippen MR) is 152 cm³/mol. The fourth-order valence-corrected chi connectivity index (χ4v) is 4.13. The maximum absolute atomic E-state index is 14.2. The Bertz CT molecular complexity index is 972. The van der Waals surface area contributed by atoms with Crippen molar-refractivity contribution in [2.24, 2.45) is 5.92 Å². The van der Waals surface area contributed by atoms with Crippen LogP contribution in [0.2, 0.25) is 0 Å². The van der Waals surface area contributed by atoms with Crippen molar-refractivity contribution in [3.8, 4) is 0 Å². The predicted octanol–water partition coefficient (Wildman–Crippen LogP) is 4.98. The molecule has 9 nitrogen and oxygen atoms in total. The number of carbonyl (C=O) groups is 4. The number of carbonyl (C=O) groups excluding carboxylic acids is 4. The van der Waals surface area contributed by atoms with Crippen molar-refractivity contribution in [3.05, 3.63) is 34.9 Å². The molecule has 1 rings (SSSR count). The zero-order chi connectivity index (χ0) is 29.8. The third-order valence-electron chi connectivity index (χ3n) is 6.62. The minimum atomic E-state index is -0.946. The van der Waals surface area contributed by atoms with Gasteiger partial charge in [0, 0.05) is 13.1 Å². The maximum Gasteiger partial charge on any atom is 0.408 e. The van der Waals surface area contributed by atoms with Crippen LogP contribution in [0.1, 0.15) is 96.9 Å². The van der Waals surface area contributed by atoms with E-state index in [4.69, 9.17) is 9.47 Å². The van der Waals surface area contributed by atoms with E-state index in [-0.39, 0.29) is 31.4 Å². The summed E-state index contributed by atoms with van der Waals surface area (Å²) in [5.74, 6) is -1.36. The van der Waals surface area contributed by atoms with Crippen LogP contribution in [0, 0.1) is 19.8 Å². The summed E-state index contributed by atoms with van der Waals surface area (Å²) >= 11 is 0. The second-order valence-corrected chi connectivity index (χ2v) is 10.9. The van der Waals surface area contributed by atoms with E-state index in [2.05, 4.69) is 10.6 Å². The molecule has 0 aliphatic heterocycles. The van der Waals surface area contributed by atoms with Crippen LogP contribution in [0.3, 0.4) is 0 Å². The first-order valence-electron chi connectivity index (χ1n) is 14.1. The normalized spacial score (nSPS) is 13.6. The van der Waals surface area contributed by atoms with Crippen molar-refractivity contribution in [1.82, 2.24) is 15.5 Å². The lowest BCUT2D eigenvalue weighted by Gasteiger charge is -2.36. The number of hydrogen-bond acceptors (Lipinski definition) is 6. The van der Waals surface area contributed by atoms with Gasteiger partial charge in [-0.05, 0) is 70.6 Å². The minimum absolute atomic E-state index is 0.0255. The van der Waals surface area contributed by atoms with Crippen LogP contribution in [0.5, 0.6) is 0 Å². The number of alkyl carbamates (subject to hydrolysis) is 1. The SMILES string of the molecule is CCCCN(C(=O)C(NC(=O)OC(C)(C)C)C(C)CC)C(C(=O)NCCC(=O)OCC)c1cccc(C)c1C. The van der Waals surface area contributed by atoms with Crippen molar-refractivity contribution < 1.29 is 28.7 Å². The summed E-state index contributed by atoms with van der Waals surface area (Å²) in [5.41, 5.74) is 1.87. The quantitative estimate of drug-likeness (QED) is 0.318. The summed E-state index contributed by atoms with van der Waals surface area (Å²) in [6.07, 6.45) is 1.45. The fourth-order valence-electron chi connectivity index (χ4n) is 4.13. The number of unbranched alkanes of at least 4 members (excludes halogenated alkanes) is 1. The third kappa shape index (κ3) is 10.9. The number of nitrogens with one attached hydrogen (secondary N) is 2. The Morgan fingerprint density at radius 1 is 1.05 bits per heavy atom. The van der Waals surface area contributed by atoms with E-state index in [0.29, 0.717) is 24.9 Å². The van der Waals surface area contributed by atoms with Crippen molar-refractivity contribution in [3.63, 3.8) is 0 Å². The number of esters is 1. The van der Waals surface area contributed by atoms with E-state index in [1.54, 1.807) is 32.6 Å². The molecule has 0 spiro atoms. The van der Waals surface area contributed by atoms with Crippen LogP contribution in [0.15, 0.2) is 18.2 Å². The molecule has 0 heterocycles. The van der Waals surface area contributed by atoms with Gasteiger partial charge in [-0.3, -0.25) is 14.4 Å². The highest BCUT2D eigenvalue weighted by Gasteiger charge is 2.38. The van der Waals surface area contributed by atoms with Crippen LogP contribution < -0.4 is 10.6 Å². The molecule has 0 fully saturated rings. The van der Waals surface area contributed by atoms with Gasteiger partial charge in [0.25, 0.3) is 0 Å². The van der Waals surface area contributed by atoms with Crippen LogP contribution in [0.4, 0.5) is 4.79 Å². The number of aryl methyl sites for hydroxylation is 1. The topological polar surface area (TPSA) is 114 Å². The second-order valence-electron chi connectivity index (χ2n) is 10.9. The molecule has 3 amide bonds. The molecule has 0 aliphatic carbocycles. The lowest BCUT2D eigenvalue weighted by molar-refractivity contribution is -0.145. The molecule has 1 aromatic rings.